The van der Waals surface area contributed by atoms with Crippen molar-refractivity contribution in [3.05, 3.63) is 39.9 Å². The molecule has 0 bridgehead atoms. The van der Waals surface area contributed by atoms with Gasteiger partial charge in [-0.2, -0.15) is 0 Å². The summed E-state index contributed by atoms with van der Waals surface area (Å²) in [6.45, 7) is 1.86. The molecule has 0 fully saturated rings. The summed E-state index contributed by atoms with van der Waals surface area (Å²) in [7, 11) is 0. The fraction of sp³-hybridized carbons (Fsp3) is 0.0833. The summed E-state index contributed by atoms with van der Waals surface area (Å²) in [6, 6.07) is 3.88. The van der Waals surface area contributed by atoms with Crippen molar-refractivity contribution in [3.8, 4) is 0 Å². The van der Waals surface area contributed by atoms with Crippen LogP contribution in [0.15, 0.2) is 24.4 Å². The number of carbonyl (C=O) groups excluding carboxylic acids is 1. The summed E-state index contributed by atoms with van der Waals surface area (Å²) in [4.78, 5) is 27.8. The summed E-state index contributed by atoms with van der Waals surface area (Å²) >= 11 is 7.12. The van der Waals surface area contributed by atoms with E-state index < -0.39 is 12.0 Å². The molecule has 2 amide bonds. The molecule has 0 unspecified atom stereocenters. The second-order valence-corrected chi connectivity index (χ2v) is 5.46. The fourth-order valence-electron chi connectivity index (χ4n) is 1.51. The molecule has 2 rings (SSSR count). The molecule has 0 aliphatic carbocycles. The normalized spacial score (nSPS) is 10.1. The molecule has 8 heteroatoms. The number of carboxylic acid groups (broad SMARTS) is 1. The zero-order valence-electron chi connectivity index (χ0n) is 10.3. The summed E-state index contributed by atoms with van der Waals surface area (Å²) in [5.74, 6) is -1.21. The van der Waals surface area contributed by atoms with E-state index in [-0.39, 0.29) is 16.3 Å². The van der Waals surface area contributed by atoms with Crippen molar-refractivity contribution in [3.63, 3.8) is 0 Å². The number of aromatic carboxylic acids is 1. The number of hydrogen-bond donors (Lipinski definition) is 3. The Morgan fingerprint density at radius 2 is 2.10 bits per heavy atom. The Morgan fingerprint density at radius 3 is 2.70 bits per heavy atom. The van der Waals surface area contributed by atoms with Crippen LogP contribution in [0.4, 0.5) is 15.6 Å². The number of aromatic nitrogens is 1. The van der Waals surface area contributed by atoms with Crippen LogP contribution in [0.25, 0.3) is 0 Å². The quantitative estimate of drug-likeness (QED) is 0.809. The summed E-state index contributed by atoms with van der Waals surface area (Å²) < 4.78 is 0. The number of carboxylic acids is 1. The smallest absolute Gasteiger partial charge is 0.339 e. The number of halogens is 1. The van der Waals surface area contributed by atoms with Gasteiger partial charge in [0.2, 0.25) is 0 Å². The van der Waals surface area contributed by atoms with Gasteiger partial charge in [0, 0.05) is 11.1 Å². The van der Waals surface area contributed by atoms with Crippen LogP contribution in [-0.4, -0.2) is 22.1 Å². The van der Waals surface area contributed by atoms with Crippen molar-refractivity contribution in [1.82, 2.24) is 4.98 Å². The predicted octanol–water partition coefficient (Wildman–Crippen LogP) is 3.45. The molecule has 0 spiro atoms. The maximum absolute atomic E-state index is 11.8. The van der Waals surface area contributed by atoms with Crippen LogP contribution >= 0.6 is 22.9 Å². The Bertz CT molecular complexity index is 672. The molecule has 104 valence electrons. The average Bonchev–Trinajstić information content (AvgIpc) is 2.74. The van der Waals surface area contributed by atoms with Crippen LogP contribution in [0, 0.1) is 6.92 Å². The van der Waals surface area contributed by atoms with Crippen molar-refractivity contribution in [2.24, 2.45) is 0 Å². The number of hydrogen-bond acceptors (Lipinski definition) is 4. The molecule has 1 aromatic carbocycles. The third-order valence-electron chi connectivity index (χ3n) is 2.32. The van der Waals surface area contributed by atoms with E-state index in [1.807, 2.05) is 6.92 Å². The van der Waals surface area contributed by atoms with Crippen LogP contribution < -0.4 is 10.6 Å². The van der Waals surface area contributed by atoms with Crippen LogP contribution in [0.2, 0.25) is 5.02 Å². The van der Waals surface area contributed by atoms with Crippen LogP contribution in [0.3, 0.4) is 0 Å². The number of nitrogens with zero attached hydrogens (tertiary/aromatic N) is 1. The lowest BCUT2D eigenvalue weighted by molar-refractivity contribution is 0.0698. The van der Waals surface area contributed by atoms with Crippen LogP contribution in [0.1, 0.15) is 15.2 Å². The van der Waals surface area contributed by atoms with Gasteiger partial charge < -0.3 is 10.4 Å². The third kappa shape index (κ3) is 3.25. The lowest BCUT2D eigenvalue weighted by atomic mass is 10.2. The SMILES string of the molecule is Cc1cnc(NC(=O)Nc2cccc(Cl)c2C(=O)O)s1. The number of anilines is 2. The monoisotopic (exact) mass is 311 g/mol. The second kappa shape index (κ2) is 5.89. The Balaban J connectivity index is 2.16. The molecule has 1 heterocycles. The van der Waals surface area contributed by atoms with Gasteiger partial charge in [0.15, 0.2) is 5.13 Å². The average molecular weight is 312 g/mol. The Morgan fingerprint density at radius 1 is 1.35 bits per heavy atom. The fourth-order valence-corrected chi connectivity index (χ4v) is 2.42. The Hall–Kier alpha value is -2.12. The lowest BCUT2D eigenvalue weighted by Gasteiger charge is -2.09. The van der Waals surface area contributed by atoms with Crippen molar-refractivity contribution in [1.29, 1.82) is 0 Å². The predicted molar refractivity (Wildman–Crippen MR) is 77.9 cm³/mol. The van der Waals surface area contributed by atoms with Crippen molar-refractivity contribution in [2.75, 3.05) is 10.6 Å². The van der Waals surface area contributed by atoms with Gasteiger partial charge in [0.1, 0.15) is 5.56 Å². The van der Waals surface area contributed by atoms with E-state index in [1.54, 1.807) is 12.3 Å². The minimum atomic E-state index is -1.21. The van der Waals surface area contributed by atoms with Gasteiger partial charge in [-0.1, -0.05) is 17.7 Å². The summed E-state index contributed by atoms with van der Waals surface area (Å²) in [6.07, 6.45) is 1.63. The van der Waals surface area contributed by atoms with Gasteiger partial charge in [0.05, 0.1) is 10.7 Å². The highest BCUT2D eigenvalue weighted by atomic mass is 35.5. The number of nitrogens with one attached hydrogen (secondary N) is 2. The maximum Gasteiger partial charge on any atom is 0.339 e. The Labute approximate surface area is 123 Å². The highest BCUT2D eigenvalue weighted by Gasteiger charge is 2.16. The van der Waals surface area contributed by atoms with E-state index in [0.29, 0.717) is 5.13 Å². The van der Waals surface area contributed by atoms with E-state index in [1.165, 1.54) is 23.5 Å². The number of benzene rings is 1. The molecule has 1 aromatic heterocycles. The summed E-state index contributed by atoms with van der Waals surface area (Å²) in [5, 5.41) is 14.5. The van der Waals surface area contributed by atoms with E-state index in [2.05, 4.69) is 15.6 Å². The minimum absolute atomic E-state index is 0.0559. The molecule has 0 aliphatic heterocycles. The molecule has 0 atom stereocenters. The first-order valence-electron chi connectivity index (χ1n) is 5.49. The molecule has 0 saturated heterocycles. The van der Waals surface area contributed by atoms with E-state index in [9.17, 15) is 9.59 Å². The zero-order chi connectivity index (χ0) is 14.7. The second-order valence-electron chi connectivity index (χ2n) is 3.82. The van der Waals surface area contributed by atoms with E-state index >= 15 is 0 Å². The number of urea groups is 1. The molecule has 20 heavy (non-hydrogen) atoms. The molecule has 0 aliphatic rings. The van der Waals surface area contributed by atoms with E-state index in [4.69, 9.17) is 16.7 Å². The highest BCUT2D eigenvalue weighted by Crippen LogP contribution is 2.24. The number of aryl methyl sites for hydroxylation is 1. The first kappa shape index (κ1) is 14.3. The van der Waals surface area contributed by atoms with Gasteiger partial charge in [-0.15, -0.1) is 11.3 Å². The maximum atomic E-state index is 11.8. The number of amides is 2. The van der Waals surface area contributed by atoms with Gasteiger partial charge in [0.25, 0.3) is 0 Å². The largest absolute Gasteiger partial charge is 0.478 e. The Kier molecular flexibility index (Phi) is 4.21. The number of thiazole rings is 1. The van der Waals surface area contributed by atoms with Gasteiger partial charge in [-0.3, -0.25) is 5.32 Å². The lowest BCUT2D eigenvalue weighted by Crippen LogP contribution is -2.21. The molecular formula is C12H10ClN3O3S. The van der Waals surface area contributed by atoms with Crippen LogP contribution in [0.5, 0.6) is 0 Å². The molecule has 0 radical (unpaired) electrons. The first-order valence-corrected chi connectivity index (χ1v) is 6.69. The van der Waals surface area contributed by atoms with Crippen molar-refractivity contribution in [2.45, 2.75) is 6.92 Å². The summed E-state index contributed by atoms with van der Waals surface area (Å²) in [5.41, 5.74) is -0.0320. The standard InChI is InChI=1S/C12H10ClN3O3S/c1-6-5-14-12(20-6)16-11(19)15-8-4-2-3-7(13)9(8)10(17)18/h2-5H,1H3,(H,17,18)(H2,14,15,16,19). The minimum Gasteiger partial charge on any atom is -0.478 e. The molecular weight excluding hydrogens is 302 g/mol. The third-order valence-corrected chi connectivity index (χ3v) is 3.46. The zero-order valence-corrected chi connectivity index (χ0v) is 11.9. The number of carbonyl (C=O) groups is 2. The molecule has 0 saturated carbocycles. The first-order chi connectivity index (χ1) is 9.47. The molecule has 6 nitrogen and oxygen atoms in total. The van der Waals surface area contributed by atoms with E-state index in [0.717, 1.165) is 4.88 Å². The topological polar surface area (TPSA) is 91.3 Å². The van der Waals surface area contributed by atoms with Gasteiger partial charge in [-0.25, -0.2) is 14.6 Å². The van der Waals surface area contributed by atoms with Gasteiger partial charge >= 0.3 is 12.0 Å². The number of rotatable bonds is 3. The van der Waals surface area contributed by atoms with Crippen LogP contribution in [-0.2, 0) is 0 Å². The van der Waals surface area contributed by atoms with Crippen molar-refractivity contribution >= 4 is 45.8 Å². The van der Waals surface area contributed by atoms with Crippen molar-refractivity contribution < 1.29 is 14.7 Å². The highest BCUT2D eigenvalue weighted by molar-refractivity contribution is 7.15. The molecule has 2 aromatic rings. The van der Waals surface area contributed by atoms with Gasteiger partial charge in [-0.05, 0) is 19.1 Å². The molecule has 3 N–H and O–H groups in total.